The molecule has 0 radical (unpaired) electrons. The van der Waals surface area contributed by atoms with Crippen LogP contribution in [0.25, 0.3) is 0 Å². The van der Waals surface area contributed by atoms with E-state index in [1.54, 1.807) is 0 Å². The van der Waals surface area contributed by atoms with Crippen molar-refractivity contribution in [2.45, 2.75) is 32.2 Å². The Kier molecular flexibility index (Phi) is 4.28. The molecule has 19 heavy (non-hydrogen) atoms. The Bertz CT molecular complexity index is 457. The third-order valence-electron chi connectivity index (χ3n) is 2.96. The molecule has 0 aliphatic carbocycles. The largest absolute Gasteiger partial charge is 0.379 e. The Morgan fingerprint density at radius 1 is 1.58 bits per heavy atom. The number of nitrogens with two attached hydrogens (primary N) is 1. The fraction of sp³-hybridized carbons (Fsp3) is 0.583. The summed E-state index contributed by atoms with van der Waals surface area (Å²) in [7, 11) is 0. The van der Waals surface area contributed by atoms with Gasteiger partial charge in [-0.05, 0) is 6.42 Å². The summed E-state index contributed by atoms with van der Waals surface area (Å²) >= 11 is 0. The van der Waals surface area contributed by atoms with Gasteiger partial charge in [0.2, 0.25) is 0 Å². The Morgan fingerprint density at radius 2 is 2.37 bits per heavy atom. The standard InChI is InChI=1S/C12H19N5O2/c1-7(2)11-14-5-9(17-13)10(16-11)12(18)15-8-3-4-19-6-8/h5,7-8,17H,3-4,6,13H2,1-2H3,(H,15,18). The summed E-state index contributed by atoms with van der Waals surface area (Å²) in [5, 5.41) is 2.89. The molecule has 104 valence electrons. The van der Waals surface area contributed by atoms with Gasteiger partial charge in [-0.2, -0.15) is 0 Å². The van der Waals surface area contributed by atoms with Gasteiger partial charge in [0.15, 0.2) is 5.69 Å². The molecular formula is C12H19N5O2. The number of amides is 1. The summed E-state index contributed by atoms with van der Waals surface area (Å²) in [6.07, 6.45) is 2.35. The minimum absolute atomic E-state index is 0.0376. The van der Waals surface area contributed by atoms with Gasteiger partial charge in [0, 0.05) is 12.5 Å². The number of carbonyl (C=O) groups is 1. The van der Waals surface area contributed by atoms with E-state index >= 15 is 0 Å². The first-order valence-electron chi connectivity index (χ1n) is 6.34. The zero-order chi connectivity index (χ0) is 13.8. The molecule has 1 amide bonds. The van der Waals surface area contributed by atoms with Crippen LogP contribution in [-0.2, 0) is 4.74 Å². The molecule has 0 aromatic carbocycles. The monoisotopic (exact) mass is 265 g/mol. The number of aromatic nitrogens is 2. The predicted molar refractivity (Wildman–Crippen MR) is 70.6 cm³/mol. The van der Waals surface area contributed by atoms with Gasteiger partial charge in [0.25, 0.3) is 5.91 Å². The molecule has 2 rings (SSSR count). The molecule has 7 nitrogen and oxygen atoms in total. The maximum Gasteiger partial charge on any atom is 0.272 e. The summed E-state index contributed by atoms with van der Waals surface area (Å²) in [4.78, 5) is 20.6. The fourth-order valence-electron chi connectivity index (χ4n) is 1.85. The Morgan fingerprint density at radius 3 is 2.95 bits per heavy atom. The first-order valence-corrected chi connectivity index (χ1v) is 6.34. The van der Waals surface area contributed by atoms with Crippen molar-refractivity contribution in [3.8, 4) is 0 Å². The molecule has 1 aliphatic rings. The maximum atomic E-state index is 12.2. The number of nitrogen functional groups attached to an aromatic ring is 1. The van der Waals surface area contributed by atoms with E-state index in [4.69, 9.17) is 10.6 Å². The van der Waals surface area contributed by atoms with Crippen molar-refractivity contribution in [2.24, 2.45) is 5.84 Å². The van der Waals surface area contributed by atoms with Crippen LogP contribution in [0, 0.1) is 0 Å². The summed E-state index contributed by atoms with van der Waals surface area (Å²) in [5.74, 6) is 5.90. The molecular weight excluding hydrogens is 246 g/mol. The van der Waals surface area contributed by atoms with Gasteiger partial charge < -0.3 is 15.5 Å². The Labute approximate surface area is 111 Å². The summed E-state index contributed by atoms with van der Waals surface area (Å²) in [5.41, 5.74) is 3.14. The van der Waals surface area contributed by atoms with Gasteiger partial charge in [0.1, 0.15) is 5.82 Å². The highest BCUT2D eigenvalue weighted by molar-refractivity contribution is 5.97. The number of hydrogen-bond acceptors (Lipinski definition) is 6. The van der Waals surface area contributed by atoms with Crippen molar-refractivity contribution in [1.82, 2.24) is 15.3 Å². The lowest BCUT2D eigenvalue weighted by Gasteiger charge is -2.14. The Balaban J connectivity index is 2.20. The van der Waals surface area contributed by atoms with Gasteiger partial charge in [-0.1, -0.05) is 13.8 Å². The first kappa shape index (κ1) is 13.7. The fourth-order valence-corrected chi connectivity index (χ4v) is 1.85. The van der Waals surface area contributed by atoms with Gasteiger partial charge in [0.05, 0.1) is 24.5 Å². The zero-order valence-electron chi connectivity index (χ0n) is 11.1. The predicted octanol–water partition coefficient (Wildman–Crippen LogP) is 0.404. The number of anilines is 1. The van der Waals surface area contributed by atoms with Crippen LogP contribution >= 0.6 is 0 Å². The molecule has 1 saturated heterocycles. The van der Waals surface area contributed by atoms with Gasteiger partial charge in [-0.3, -0.25) is 10.6 Å². The van der Waals surface area contributed by atoms with Gasteiger partial charge in [-0.15, -0.1) is 0 Å². The van der Waals surface area contributed by atoms with Crippen LogP contribution in [0.4, 0.5) is 5.69 Å². The van der Waals surface area contributed by atoms with E-state index in [1.165, 1.54) is 6.20 Å². The number of carbonyl (C=O) groups excluding carboxylic acids is 1. The normalized spacial score (nSPS) is 18.6. The molecule has 1 atom stereocenters. The van der Waals surface area contributed by atoms with E-state index in [2.05, 4.69) is 20.7 Å². The second-order valence-corrected chi connectivity index (χ2v) is 4.82. The van der Waals surface area contributed by atoms with E-state index < -0.39 is 0 Å². The molecule has 0 spiro atoms. The highest BCUT2D eigenvalue weighted by atomic mass is 16.5. The van der Waals surface area contributed by atoms with Gasteiger partial charge >= 0.3 is 0 Å². The molecule has 0 bridgehead atoms. The third-order valence-corrected chi connectivity index (χ3v) is 2.96. The zero-order valence-corrected chi connectivity index (χ0v) is 11.1. The Hall–Kier alpha value is -1.73. The quantitative estimate of drug-likeness (QED) is 0.538. The van der Waals surface area contributed by atoms with Crippen LogP contribution in [0.5, 0.6) is 0 Å². The molecule has 1 fully saturated rings. The molecule has 1 aliphatic heterocycles. The van der Waals surface area contributed by atoms with Crippen molar-refractivity contribution in [3.63, 3.8) is 0 Å². The lowest BCUT2D eigenvalue weighted by Crippen LogP contribution is -2.36. The molecule has 1 aromatic heterocycles. The van der Waals surface area contributed by atoms with Crippen molar-refractivity contribution in [3.05, 3.63) is 17.7 Å². The summed E-state index contributed by atoms with van der Waals surface area (Å²) < 4.78 is 5.22. The van der Waals surface area contributed by atoms with Gasteiger partial charge in [-0.25, -0.2) is 9.97 Å². The molecule has 4 N–H and O–H groups in total. The van der Waals surface area contributed by atoms with Crippen molar-refractivity contribution in [1.29, 1.82) is 0 Å². The number of rotatable bonds is 4. The highest BCUT2D eigenvalue weighted by Crippen LogP contribution is 2.16. The number of nitrogens with one attached hydrogen (secondary N) is 2. The lowest BCUT2D eigenvalue weighted by molar-refractivity contribution is 0.0925. The van der Waals surface area contributed by atoms with Crippen molar-refractivity contribution >= 4 is 11.6 Å². The molecule has 2 heterocycles. The average Bonchev–Trinajstić information content (AvgIpc) is 2.90. The van der Waals surface area contributed by atoms with Crippen LogP contribution in [0.3, 0.4) is 0 Å². The number of hydrazine groups is 1. The topological polar surface area (TPSA) is 102 Å². The average molecular weight is 265 g/mol. The SMILES string of the molecule is CC(C)c1ncc(NN)c(C(=O)NC2CCOC2)n1. The van der Waals surface area contributed by atoms with E-state index in [-0.39, 0.29) is 23.6 Å². The third kappa shape index (κ3) is 3.18. The minimum atomic E-state index is -0.257. The minimum Gasteiger partial charge on any atom is -0.379 e. The van der Waals surface area contributed by atoms with E-state index in [9.17, 15) is 4.79 Å². The second-order valence-electron chi connectivity index (χ2n) is 4.82. The molecule has 7 heteroatoms. The molecule has 0 saturated carbocycles. The van der Waals surface area contributed by atoms with Crippen LogP contribution in [-0.4, -0.2) is 35.1 Å². The van der Waals surface area contributed by atoms with E-state index in [0.717, 1.165) is 6.42 Å². The number of nitrogens with zero attached hydrogens (tertiary/aromatic N) is 2. The van der Waals surface area contributed by atoms with E-state index in [0.29, 0.717) is 24.7 Å². The van der Waals surface area contributed by atoms with E-state index in [1.807, 2.05) is 13.8 Å². The molecule has 1 unspecified atom stereocenters. The van der Waals surface area contributed by atoms with Crippen LogP contribution in [0.2, 0.25) is 0 Å². The molecule has 1 aromatic rings. The van der Waals surface area contributed by atoms with Crippen LogP contribution < -0.4 is 16.6 Å². The first-order chi connectivity index (χ1) is 9.11. The lowest BCUT2D eigenvalue weighted by atomic mass is 10.2. The smallest absolute Gasteiger partial charge is 0.272 e. The number of hydrogen-bond donors (Lipinski definition) is 3. The van der Waals surface area contributed by atoms with Crippen molar-refractivity contribution < 1.29 is 9.53 Å². The van der Waals surface area contributed by atoms with Crippen molar-refractivity contribution in [2.75, 3.05) is 18.6 Å². The summed E-state index contributed by atoms with van der Waals surface area (Å²) in [6.45, 7) is 5.15. The number of ether oxygens (including phenoxy) is 1. The highest BCUT2D eigenvalue weighted by Gasteiger charge is 2.22. The second kappa shape index (κ2) is 5.94. The summed E-state index contributed by atoms with van der Waals surface area (Å²) in [6, 6.07) is 0.0376. The van der Waals surface area contributed by atoms with Crippen LogP contribution in [0.1, 0.15) is 42.5 Å². The maximum absolute atomic E-state index is 12.2. The van der Waals surface area contributed by atoms with Crippen LogP contribution in [0.15, 0.2) is 6.20 Å².